The van der Waals surface area contributed by atoms with E-state index < -0.39 is 24.0 Å². The number of amides is 2. The summed E-state index contributed by atoms with van der Waals surface area (Å²) in [4.78, 5) is 32.3. The Hall–Kier alpha value is -2.59. The zero-order valence-electron chi connectivity index (χ0n) is 9.90. The minimum atomic E-state index is -1.12. The number of carbonyl (C=O) groups is 2. The molecule has 3 N–H and O–H groups in total. The van der Waals surface area contributed by atoms with Crippen LogP contribution in [-0.4, -0.2) is 35.5 Å². The Morgan fingerprint density at radius 1 is 1.29 bits per heavy atom. The van der Waals surface area contributed by atoms with Gasteiger partial charge in [-0.1, -0.05) is 13.8 Å². The van der Waals surface area contributed by atoms with Crippen LogP contribution in [0.1, 0.15) is 27.2 Å². The third-order valence-corrected chi connectivity index (χ3v) is 1.99. The molecule has 0 aromatic rings. The number of aliphatic carboxylic acids is 1. The van der Waals surface area contributed by atoms with Crippen molar-refractivity contribution in [3.05, 3.63) is 0 Å². The Labute approximate surface area is 94.4 Å². The maximum absolute atomic E-state index is 11.6. The topological polar surface area (TPSA) is 95.5 Å². The van der Waals surface area contributed by atoms with Crippen LogP contribution in [-0.2, 0) is 14.4 Å². The second kappa shape index (κ2) is 7.67. The predicted octanol–water partition coefficient (Wildman–Crippen LogP) is -0.353. The molecular formula is C10H17FmN2O4-. The second-order valence-corrected chi connectivity index (χ2v) is 4.00. The average Bonchev–Trinajstić information content (AvgIpc) is 2.16. The number of nitrogens with one attached hydrogen (secondary N) is 2. The van der Waals surface area contributed by atoms with Gasteiger partial charge < -0.3 is 20.5 Å². The third kappa shape index (κ3) is 6.48. The fourth-order valence-electron chi connectivity index (χ4n) is 1.15. The molecule has 7 heteroatoms. The molecule has 0 aliphatic rings. The summed E-state index contributed by atoms with van der Waals surface area (Å²) in [6.45, 7) is 5.15. The second-order valence-electron chi connectivity index (χ2n) is 4.00. The normalized spacial score (nSPS) is 13.2. The van der Waals surface area contributed by atoms with E-state index in [1.54, 1.807) is 0 Å². The molecule has 0 saturated carbocycles. The van der Waals surface area contributed by atoms with Gasteiger partial charge in [-0.3, -0.25) is 9.59 Å². The maximum atomic E-state index is 11.6. The van der Waals surface area contributed by atoms with E-state index in [0.717, 1.165) is 0 Å². The summed E-state index contributed by atoms with van der Waals surface area (Å²) in [5.74, 6) is -1.42. The molecule has 0 radical (unpaired) electrons. The fourth-order valence-corrected chi connectivity index (χ4v) is 1.15. The summed E-state index contributed by atoms with van der Waals surface area (Å²) in [5.41, 5.74) is 0. The molecule has 17 heavy (non-hydrogen) atoms. The first kappa shape index (κ1) is 16.8. The van der Waals surface area contributed by atoms with Gasteiger partial charge in [-0.2, -0.15) is 6.41 Å². The molecule has 0 heterocycles. The Morgan fingerprint density at radius 2 is 1.82 bits per heavy atom. The first-order valence-electron chi connectivity index (χ1n) is 5.04. The number of carboxylic acids is 1. The number of carboxylic acid groups (broad SMARTS) is 1. The molecule has 0 bridgehead atoms. The molecule has 2 atom stereocenters. The van der Waals surface area contributed by atoms with E-state index in [-0.39, 0.29) is 5.92 Å². The van der Waals surface area contributed by atoms with Crippen molar-refractivity contribution in [1.82, 2.24) is 10.6 Å². The van der Waals surface area contributed by atoms with Gasteiger partial charge in [0.1, 0.15) is 6.04 Å². The predicted molar refractivity (Wildman–Crippen MR) is 57.3 cm³/mol. The van der Waals surface area contributed by atoms with E-state index >= 15 is 0 Å². The third-order valence-electron chi connectivity index (χ3n) is 1.99. The molecule has 0 fully saturated rings. The van der Waals surface area contributed by atoms with Crippen molar-refractivity contribution in [2.45, 2.75) is 39.3 Å². The van der Waals surface area contributed by atoms with Gasteiger partial charge in [-0.25, -0.2) is 0 Å². The summed E-state index contributed by atoms with van der Waals surface area (Å²) >= 11 is 0. The maximum Gasteiger partial charge on any atom is 0.325 e. The van der Waals surface area contributed by atoms with E-state index in [1.807, 2.05) is 13.8 Å². The van der Waals surface area contributed by atoms with Crippen molar-refractivity contribution in [1.29, 1.82) is 0 Å². The number of hydrogen-bond acceptors (Lipinski definition) is 3. The van der Waals surface area contributed by atoms with Crippen molar-refractivity contribution >= 4 is 18.3 Å². The van der Waals surface area contributed by atoms with Crippen LogP contribution in [0.3, 0.4) is 0 Å². The number of hydrogen-bond donors (Lipinski definition) is 3. The first-order valence-corrected chi connectivity index (χ1v) is 5.04. The van der Waals surface area contributed by atoms with E-state index in [2.05, 4.69) is 10.6 Å². The summed E-state index contributed by atoms with van der Waals surface area (Å²) in [6, 6.07) is -1.71. The van der Waals surface area contributed by atoms with Gasteiger partial charge in [0.15, 0.2) is 0 Å². The molecular weight excluding hydrogens is 469 g/mol. The Bertz CT molecular complexity index is 271. The van der Waals surface area contributed by atoms with E-state index in [0.29, 0.717) is 6.42 Å². The van der Waals surface area contributed by atoms with Gasteiger partial charge in [0.25, 0.3) is 0 Å². The molecule has 0 aromatic heterocycles. The van der Waals surface area contributed by atoms with Crippen LogP contribution in [0.4, 0.5) is 0 Å². The van der Waals surface area contributed by atoms with Gasteiger partial charge in [0.05, 0.1) is 6.04 Å². The van der Waals surface area contributed by atoms with Gasteiger partial charge in [-0.15, -0.1) is 0 Å². The van der Waals surface area contributed by atoms with Crippen molar-refractivity contribution in [2.75, 3.05) is 0 Å². The summed E-state index contributed by atoms with van der Waals surface area (Å²) < 4.78 is 0. The molecule has 0 aromatic carbocycles. The Kier molecular flexibility index (Phi) is 7.59. The molecule has 0 aliphatic carbocycles. The van der Waals surface area contributed by atoms with Crippen molar-refractivity contribution < 1.29 is 19.5 Å². The minimum absolute atomic E-state index is 0. The fraction of sp³-hybridized carbons (Fsp3) is 0.700. The number of rotatable bonds is 7. The van der Waals surface area contributed by atoms with Crippen molar-refractivity contribution in [3.63, 3.8) is 0 Å². The first-order chi connectivity index (χ1) is 7.38. The molecule has 104 valence electrons. The molecule has 2 unspecified atom stereocenters. The monoisotopic (exact) mass is 486 g/mol. The molecule has 0 rings (SSSR count). The van der Waals surface area contributed by atoms with Gasteiger partial charge in [-0.05, 0) is 19.3 Å². The Balaban J connectivity index is 0. The largest absolute Gasteiger partial charge is 0.520 e. The average molecular weight is 486 g/mol. The van der Waals surface area contributed by atoms with Gasteiger partial charge in [0.2, 0.25) is 5.91 Å². The van der Waals surface area contributed by atoms with Crippen LogP contribution in [0.2, 0.25) is 0 Å². The van der Waals surface area contributed by atoms with Gasteiger partial charge in [0, 0.05) is 0 Å². The molecule has 2 amide bonds. The zero-order chi connectivity index (χ0) is 12.7. The Morgan fingerprint density at radius 3 is 2.18 bits per heavy atom. The van der Waals surface area contributed by atoms with Crippen LogP contribution in [0.25, 0.3) is 0 Å². The van der Waals surface area contributed by atoms with E-state index in [1.165, 1.54) is 13.3 Å². The summed E-state index contributed by atoms with van der Waals surface area (Å²) in [5, 5.41) is 13.1. The van der Waals surface area contributed by atoms with Crippen molar-refractivity contribution in [2.24, 2.45) is 5.92 Å². The van der Waals surface area contributed by atoms with E-state index in [4.69, 9.17) is 5.11 Å². The van der Waals surface area contributed by atoms with Crippen LogP contribution >= 0.6 is 0 Å². The molecule has 0 saturated heterocycles. The molecule has 0 spiro atoms. The minimum Gasteiger partial charge on any atom is -0.520 e. The van der Waals surface area contributed by atoms with E-state index in [9.17, 15) is 14.4 Å². The zero-order valence-corrected chi connectivity index (χ0v) is 12.3. The van der Waals surface area contributed by atoms with Crippen LogP contribution < -0.4 is 10.6 Å². The molecule has 6 nitrogen and oxygen atoms in total. The number of carbonyl (C=O) groups excluding carboxylic acids is 2. The quantitative estimate of drug-likeness (QED) is 0.339. The standard InChI is InChI=1S/C10H17N2O4.Fm/c1-6(2)4-8(11-5-13)9(14)12-7(3)10(15)16;/h6-8H,4H2,1-3H3,(H,11,13)(H,12,14)(H,15,16);/q-1;. The van der Waals surface area contributed by atoms with Crippen LogP contribution in [0, 0.1) is 5.92 Å². The molecule has 0 aliphatic heterocycles. The SMILES string of the molecule is CC(C)CC(N[C-]=O)C(=O)NC(C)C(=O)O.[Fm]. The van der Waals surface area contributed by atoms with Gasteiger partial charge >= 0.3 is 5.97 Å². The van der Waals surface area contributed by atoms with Crippen LogP contribution in [0.15, 0.2) is 0 Å². The summed E-state index contributed by atoms with van der Waals surface area (Å²) in [6.07, 6.45) is 1.89. The van der Waals surface area contributed by atoms with Crippen molar-refractivity contribution in [3.8, 4) is 0 Å². The summed E-state index contributed by atoms with van der Waals surface area (Å²) in [7, 11) is 0. The smallest absolute Gasteiger partial charge is 0.325 e. The van der Waals surface area contributed by atoms with Crippen LogP contribution in [0.5, 0.6) is 0 Å².